The van der Waals surface area contributed by atoms with E-state index in [1.54, 1.807) is 0 Å². The molecule has 1 aromatic carbocycles. The first-order valence-electron chi connectivity index (χ1n) is 15.5. The lowest BCUT2D eigenvalue weighted by Gasteiger charge is -2.31. The van der Waals surface area contributed by atoms with Gasteiger partial charge in [0.1, 0.15) is 5.75 Å². The number of rotatable bonds is 18. The zero-order valence-electron chi connectivity index (χ0n) is 23.5. The summed E-state index contributed by atoms with van der Waals surface area (Å²) in [4.78, 5) is 4.74. The van der Waals surface area contributed by atoms with Crippen LogP contribution >= 0.6 is 0 Å². The van der Waals surface area contributed by atoms with Gasteiger partial charge in [0.25, 0.3) is 0 Å². The Bertz CT molecular complexity index is 797. The van der Waals surface area contributed by atoms with E-state index >= 15 is 0 Å². The molecule has 3 rings (SSSR count). The average Bonchev–Trinajstić information content (AvgIpc) is 2.92. The fourth-order valence-electron chi connectivity index (χ4n) is 5.99. The van der Waals surface area contributed by atoms with Crippen LogP contribution in [-0.2, 0) is 6.42 Å². The van der Waals surface area contributed by atoms with Crippen molar-refractivity contribution in [3.05, 3.63) is 48.2 Å². The van der Waals surface area contributed by atoms with Gasteiger partial charge in [-0.1, -0.05) is 110 Å². The number of aromatic nitrogens is 1. The minimum Gasteiger partial charge on any atom is -0.494 e. The number of hydrogen-bond donors (Lipinski definition) is 0. The van der Waals surface area contributed by atoms with E-state index < -0.39 is 0 Å². The molecule has 0 spiro atoms. The van der Waals surface area contributed by atoms with Crippen LogP contribution < -0.4 is 4.74 Å². The predicted octanol–water partition coefficient (Wildman–Crippen LogP) is 10.6. The second kappa shape index (κ2) is 17.6. The normalized spacial score (nSPS) is 17.8. The number of hydrogen-bond acceptors (Lipinski definition) is 2. The molecule has 0 aliphatic heterocycles. The summed E-state index contributed by atoms with van der Waals surface area (Å²) in [5.41, 5.74) is 3.58. The molecular weight excluding hydrogens is 438 g/mol. The third-order valence-corrected chi connectivity index (χ3v) is 8.28. The first kappa shape index (κ1) is 28.7. The Morgan fingerprint density at radius 2 is 1.33 bits per heavy atom. The zero-order valence-corrected chi connectivity index (χ0v) is 23.5. The monoisotopic (exact) mass is 491 g/mol. The van der Waals surface area contributed by atoms with Crippen LogP contribution in [0.5, 0.6) is 5.75 Å². The van der Waals surface area contributed by atoms with Crippen LogP contribution in [-0.4, -0.2) is 11.6 Å². The van der Waals surface area contributed by atoms with Crippen molar-refractivity contribution in [3.8, 4) is 17.0 Å². The fourth-order valence-corrected chi connectivity index (χ4v) is 5.99. The summed E-state index contributed by atoms with van der Waals surface area (Å²) < 4.78 is 6.11. The Morgan fingerprint density at radius 3 is 2.00 bits per heavy atom. The van der Waals surface area contributed by atoms with E-state index in [-0.39, 0.29) is 0 Å². The largest absolute Gasteiger partial charge is 0.494 e. The minimum absolute atomic E-state index is 0.836. The van der Waals surface area contributed by atoms with Gasteiger partial charge in [0, 0.05) is 11.8 Å². The maximum Gasteiger partial charge on any atom is 0.119 e. The topological polar surface area (TPSA) is 22.1 Å². The maximum atomic E-state index is 6.11. The van der Waals surface area contributed by atoms with Gasteiger partial charge >= 0.3 is 0 Å². The van der Waals surface area contributed by atoms with E-state index in [2.05, 4.69) is 56.4 Å². The number of ether oxygens (including phenoxy) is 1. The van der Waals surface area contributed by atoms with E-state index in [1.165, 1.54) is 120 Å². The molecule has 2 atom stereocenters. The Labute approximate surface area is 222 Å². The highest BCUT2D eigenvalue weighted by Gasteiger charge is 2.24. The predicted molar refractivity (Wildman–Crippen MR) is 156 cm³/mol. The average molecular weight is 492 g/mol. The summed E-state index contributed by atoms with van der Waals surface area (Å²) in [6.07, 6.45) is 26.6. The summed E-state index contributed by atoms with van der Waals surface area (Å²) >= 11 is 0. The van der Waals surface area contributed by atoms with Crippen LogP contribution in [0.25, 0.3) is 11.3 Å². The number of unbranched alkanes of at least 4 members (excludes halogenated alkanes) is 8. The molecule has 1 aliphatic rings. The SMILES string of the molecule is CCCCCCCCCc1ccc(-c2ccc(OCCCC3CCCCC3CCCCC)cc2)nc1. The summed E-state index contributed by atoms with van der Waals surface area (Å²) in [5.74, 6) is 2.89. The molecule has 0 amide bonds. The van der Waals surface area contributed by atoms with Crippen molar-refractivity contribution in [3.63, 3.8) is 0 Å². The first-order valence-corrected chi connectivity index (χ1v) is 15.5. The minimum atomic E-state index is 0.836. The van der Waals surface area contributed by atoms with Gasteiger partial charge < -0.3 is 4.74 Å². The van der Waals surface area contributed by atoms with E-state index in [4.69, 9.17) is 9.72 Å². The van der Waals surface area contributed by atoms with Crippen molar-refractivity contribution in [2.75, 3.05) is 6.61 Å². The van der Waals surface area contributed by atoms with Crippen LogP contribution in [0.3, 0.4) is 0 Å². The Hall–Kier alpha value is -1.83. The fraction of sp³-hybridized carbons (Fsp3) is 0.676. The molecule has 1 aromatic heterocycles. The second-order valence-electron chi connectivity index (χ2n) is 11.2. The van der Waals surface area contributed by atoms with E-state index in [9.17, 15) is 0 Å². The molecule has 0 N–H and O–H groups in total. The van der Waals surface area contributed by atoms with Gasteiger partial charge in [-0.25, -0.2) is 0 Å². The van der Waals surface area contributed by atoms with Gasteiger partial charge in [0.05, 0.1) is 12.3 Å². The molecule has 0 bridgehead atoms. The smallest absolute Gasteiger partial charge is 0.119 e. The van der Waals surface area contributed by atoms with Crippen molar-refractivity contribution < 1.29 is 4.74 Å². The highest BCUT2D eigenvalue weighted by molar-refractivity contribution is 5.60. The van der Waals surface area contributed by atoms with E-state index in [0.29, 0.717) is 0 Å². The van der Waals surface area contributed by atoms with Crippen molar-refractivity contribution >= 4 is 0 Å². The summed E-state index contributed by atoms with van der Waals surface area (Å²) in [6, 6.07) is 12.9. The van der Waals surface area contributed by atoms with Crippen molar-refractivity contribution in [2.45, 2.75) is 129 Å². The molecule has 1 aliphatic carbocycles. The molecular formula is C34H53NO. The van der Waals surface area contributed by atoms with Crippen LogP contribution in [0.15, 0.2) is 42.6 Å². The lowest BCUT2D eigenvalue weighted by molar-refractivity contribution is 0.190. The number of aryl methyl sites for hydroxylation is 1. The molecule has 1 heterocycles. The maximum absolute atomic E-state index is 6.11. The quantitative estimate of drug-likeness (QED) is 0.193. The molecule has 36 heavy (non-hydrogen) atoms. The lowest BCUT2D eigenvalue weighted by atomic mass is 9.74. The van der Waals surface area contributed by atoms with Gasteiger partial charge in [0.15, 0.2) is 0 Å². The number of benzene rings is 1. The molecule has 0 radical (unpaired) electrons. The summed E-state index contributed by atoms with van der Waals surface area (Å²) in [6.45, 7) is 5.43. The molecule has 2 unspecified atom stereocenters. The Morgan fingerprint density at radius 1 is 0.694 bits per heavy atom. The van der Waals surface area contributed by atoms with Gasteiger partial charge in [0.2, 0.25) is 0 Å². The Kier molecular flexibility index (Phi) is 14.0. The van der Waals surface area contributed by atoms with Gasteiger partial charge in [-0.2, -0.15) is 0 Å². The van der Waals surface area contributed by atoms with Crippen molar-refractivity contribution in [1.82, 2.24) is 4.98 Å². The molecule has 2 heteroatoms. The third-order valence-electron chi connectivity index (χ3n) is 8.28. The van der Waals surface area contributed by atoms with Crippen molar-refractivity contribution in [2.24, 2.45) is 11.8 Å². The van der Waals surface area contributed by atoms with E-state index in [1.807, 2.05) is 0 Å². The van der Waals surface area contributed by atoms with Gasteiger partial charge in [-0.15, -0.1) is 0 Å². The number of pyridine rings is 1. The summed E-state index contributed by atoms with van der Waals surface area (Å²) in [7, 11) is 0. The molecule has 2 nitrogen and oxygen atoms in total. The van der Waals surface area contributed by atoms with Crippen molar-refractivity contribution in [1.29, 1.82) is 0 Å². The zero-order chi connectivity index (χ0) is 25.3. The molecule has 0 saturated heterocycles. The highest BCUT2D eigenvalue weighted by atomic mass is 16.5. The number of nitrogens with zero attached hydrogens (tertiary/aromatic N) is 1. The summed E-state index contributed by atoms with van der Waals surface area (Å²) in [5, 5.41) is 0. The lowest BCUT2D eigenvalue weighted by Crippen LogP contribution is -2.20. The van der Waals surface area contributed by atoms with Crippen LogP contribution in [0, 0.1) is 11.8 Å². The highest BCUT2D eigenvalue weighted by Crippen LogP contribution is 2.36. The van der Waals surface area contributed by atoms with Crippen LogP contribution in [0.1, 0.15) is 129 Å². The van der Waals surface area contributed by atoms with Gasteiger partial charge in [-0.3, -0.25) is 4.98 Å². The van der Waals surface area contributed by atoms with Gasteiger partial charge in [-0.05, 0) is 73.4 Å². The van der Waals surface area contributed by atoms with E-state index in [0.717, 1.165) is 36.3 Å². The molecule has 2 aromatic rings. The Balaban J connectivity index is 1.34. The molecule has 1 saturated carbocycles. The molecule has 200 valence electrons. The first-order chi connectivity index (χ1) is 17.8. The van der Waals surface area contributed by atoms with Crippen LogP contribution in [0.4, 0.5) is 0 Å². The standard InChI is InChI=1S/C34H53NO/c1-3-5-7-8-9-10-12-16-29-21-26-34(35-28-29)32-22-24-33(25-23-32)36-27-15-20-31-19-14-13-18-30(31)17-11-6-4-2/h21-26,28,30-31H,3-20,27H2,1-2H3. The molecule has 1 fully saturated rings. The van der Waals surface area contributed by atoms with Crippen LogP contribution in [0.2, 0.25) is 0 Å². The third kappa shape index (κ3) is 10.7. The second-order valence-corrected chi connectivity index (χ2v) is 11.2.